The highest BCUT2D eigenvalue weighted by molar-refractivity contribution is 5.92. The quantitative estimate of drug-likeness (QED) is 0.407. The second-order valence-electron chi connectivity index (χ2n) is 9.54. The van der Waals surface area contributed by atoms with Gasteiger partial charge in [0.15, 0.2) is 0 Å². The van der Waals surface area contributed by atoms with Crippen LogP contribution in [-0.2, 0) is 9.59 Å². The van der Waals surface area contributed by atoms with E-state index in [0.717, 1.165) is 44.1 Å². The number of rotatable bonds is 11. The van der Waals surface area contributed by atoms with E-state index >= 15 is 4.39 Å². The van der Waals surface area contributed by atoms with Crippen LogP contribution in [0.25, 0.3) is 0 Å². The monoisotopic (exact) mass is 481 g/mol. The van der Waals surface area contributed by atoms with Crippen molar-refractivity contribution in [2.24, 2.45) is 11.8 Å². The third-order valence-corrected chi connectivity index (χ3v) is 7.00. The van der Waals surface area contributed by atoms with Gasteiger partial charge in [0.25, 0.3) is 0 Å². The Bertz CT molecular complexity index is 952. The molecule has 1 atom stereocenters. The molecule has 0 radical (unpaired) electrons. The molecule has 0 spiro atoms. The number of benzene rings is 2. The normalized spacial score (nSPS) is 15.2. The summed E-state index contributed by atoms with van der Waals surface area (Å²) in [6.07, 6.45) is 5.21. The smallest absolute Gasteiger partial charge is 0.227 e. The van der Waals surface area contributed by atoms with E-state index in [0.29, 0.717) is 31.0 Å². The SMILES string of the molecule is CCCC(CCC)C(=O)Nc1ccc(N2CCC(C(C(=O)NCC)c3ccccc3)CC2)c(F)c1. The molecule has 1 fully saturated rings. The van der Waals surface area contributed by atoms with E-state index in [9.17, 15) is 9.59 Å². The Labute approximate surface area is 209 Å². The first-order chi connectivity index (χ1) is 17.0. The zero-order valence-electron chi connectivity index (χ0n) is 21.4. The minimum Gasteiger partial charge on any atom is -0.369 e. The number of anilines is 2. The number of piperidine rings is 1. The third kappa shape index (κ3) is 7.06. The van der Waals surface area contributed by atoms with E-state index in [1.165, 1.54) is 6.07 Å². The van der Waals surface area contributed by atoms with E-state index in [2.05, 4.69) is 24.5 Å². The van der Waals surface area contributed by atoms with Gasteiger partial charge in [-0.1, -0.05) is 57.0 Å². The molecule has 6 heteroatoms. The number of halogens is 1. The van der Waals surface area contributed by atoms with Crippen molar-refractivity contribution in [3.63, 3.8) is 0 Å². The standard InChI is InChI=1S/C29H40FN3O2/c1-4-10-23(11-5-2)28(34)32-24-14-15-26(25(30)20-24)33-18-16-22(17-19-33)27(29(35)31-6-3)21-12-8-7-9-13-21/h7-9,12-15,20,22-23,27H,4-6,10-11,16-19H2,1-3H3,(H,31,35)(H,32,34). The fraction of sp³-hybridized carbons (Fsp3) is 0.517. The molecule has 1 aliphatic rings. The van der Waals surface area contributed by atoms with Crippen molar-refractivity contribution < 1.29 is 14.0 Å². The zero-order chi connectivity index (χ0) is 25.2. The second kappa shape index (κ2) is 13.3. The van der Waals surface area contributed by atoms with Gasteiger partial charge in [-0.3, -0.25) is 9.59 Å². The van der Waals surface area contributed by atoms with Gasteiger partial charge in [0, 0.05) is 31.2 Å². The molecule has 3 rings (SSSR count). The summed E-state index contributed by atoms with van der Waals surface area (Å²) in [5.74, 6) is -0.316. The molecule has 1 aliphatic heterocycles. The van der Waals surface area contributed by atoms with Crippen molar-refractivity contribution in [2.45, 2.75) is 65.2 Å². The molecular weight excluding hydrogens is 441 g/mol. The van der Waals surface area contributed by atoms with E-state index in [1.54, 1.807) is 12.1 Å². The highest BCUT2D eigenvalue weighted by atomic mass is 19.1. The lowest BCUT2D eigenvalue weighted by atomic mass is 9.79. The van der Waals surface area contributed by atoms with Crippen LogP contribution in [0.2, 0.25) is 0 Å². The number of nitrogens with zero attached hydrogens (tertiary/aromatic N) is 1. The summed E-state index contributed by atoms with van der Waals surface area (Å²) in [6, 6.07) is 14.9. The Kier molecular flexibility index (Phi) is 10.1. The van der Waals surface area contributed by atoms with Crippen molar-refractivity contribution in [1.29, 1.82) is 0 Å². The van der Waals surface area contributed by atoms with Crippen LogP contribution in [-0.4, -0.2) is 31.4 Å². The van der Waals surface area contributed by atoms with Gasteiger partial charge < -0.3 is 15.5 Å². The molecule has 5 nitrogen and oxygen atoms in total. The van der Waals surface area contributed by atoms with E-state index in [-0.39, 0.29) is 35.4 Å². The predicted molar refractivity (Wildman–Crippen MR) is 141 cm³/mol. The maximum absolute atomic E-state index is 15.1. The summed E-state index contributed by atoms with van der Waals surface area (Å²) >= 11 is 0. The lowest BCUT2D eigenvalue weighted by Gasteiger charge is -2.37. The average molecular weight is 482 g/mol. The Hall–Kier alpha value is -2.89. The molecule has 1 saturated heterocycles. The topological polar surface area (TPSA) is 61.4 Å². The number of nitrogens with one attached hydrogen (secondary N) is 2. The van der Waals surface area contributed by atoms with Crippen molar-refractivity contribution >= 4 is 23.2 Å². The molecule has 190 valence electrons. The number of hydrogen-bond acceptors (Lipinski definition) is 3. The van der Waals surface area contributed by atoms with Crippen molar-refractivity contribution in [3.8, 4) is 0 Å². The number of hydrogen-bond donors (Lipinski definition) is 2. The van der Waals surface area contributed by atoms with Crippen LogP contribution in [0.3, 0.4) is 0 Å². The molecule has 0 saturated carbocycles. The molecule has 0 bridgehead atoms. The molecule has 2 amide bonds. The van der Waals surface area contributed by atoms with Crippen molar-refractivity contribution in [1.82, 2.24) is 5.32 Å². The summed E-state index contributed by atoms with van der Waals surface area (Å²) < 4.78 is 15.1. The molecular formula is C29H40FN3O2. The first-order valence-electron chi connectivity index (χ1n) is 13.2. The summed E-state index contributed by atoms with van der Waals surface area (Å²) in [5.41, 5.74) is 2.09. The fourth-order valence-electron chi connectivity index (χ4n) is 5.24. The Morgan fingerprint density at radius 1 is 0.971 bits per heavy atom. The fourth-order valence-corrected chi connectivity index (χ4v) is 5.24. The zero-order valence-corrected chi connectivity index (χ0v) is 21.4. The molecule has 1 unspecified atom stereocenters. The summed E-state index contributed by atoms with van der Waals surface area (Å²) in [7, 11) is 0. The Balaban J connectivity index is 1.65. The molecule has 2 N–H and O–H groups in total. The van der Waals surface area contributed by atoms with Crippen LogP contribution in [0.15, 0.2) is 48.5 Å². The van der Waals surface area contributed by atoms with Crippen molar-refractivity contribution in [2.75, 3.05) is 29.9 Å². The van der Waals surface area contributed by atoms with Gasteiger partial charge in [0.1, 0.15) is 5.82 Å². The number of carbonyl (C=O) groups excluding carboxylic acids is 2. The average Bonchev–Trinajstić information content (AvgIpc) is 2.85. The molecule has 35 heavy (non-hydrogen) atoms. The minimum atomic E-state index is -0.327. The molecule has 2 aromatic rings. The third-order valence-electron chi connectivity index (χ3n) is 7.00. The lowest BCUT2D eigenvalue weighted by Crippen LogP contribution is -2.40. The van der Waals surface area contributed by atoms with Crippen LogP contribution in [0, 0.1) is 17.7 Å². The van der Waals surface area contributed by atoms with E-state index in [1.807, 2.05) is 42.2 Å². The van der Waals surface area contributed by atoms with Gasteiger partial charge in [-0.15, -0.1) is 0 Å². The lowest BCUT2D eigenvalue weighted by molar-refractivity contribution is -0.124. The van der Waals surface area contributed by atoms with Crippen LogP contribution in [0.4, 0.5) is 15.8 Å². The Morgan fingerprint density at radius 3 is 2.20 bits per heavy atom. The van der Waals surface area contributed by atoms with Gasteiger partial charge >= 0.3 is 0 Å². The minimum absolute atomic E-state index is 0.0287. The van der Waals surface area contributed by atoms with Crippen molar-refractivity contribution in [3.05, 3.63) is 59.9 Å². The van der Waals surface area contributed by atoms with E-state index < -0.39 is 0 Å². The highest BCUT2D eigenvalue weighted by Crippen LogP contribution is 2.35. The summed E-state index contributed by atoms with van der Waals surface area (Å²) in [6.45, 7) is 8.06. The second-order valence-corrected chi connectivity index (χ2v) is 9.54. The van der Waals surface area contributed by atoms with Crippen LogP contribution >= 0.6 is 0 Å². The summed E-state index contributed by atoms with van der Waals surface area (Å²) in [4.78, 5) is 27.6. The first-order valence-corrected chi connectivity index (χ1v) is 13.2. The van der Waals surface area contributed by atoms with Gasteiger partial charge in [-0.05, 0) is 62.3 Å². The predicted octanol–water partition coefficient (Wildman–Crippen LogP) is 6.12. The van der Waals surface area contributed by atoms with Gasteiger partial charge in [0.2, 0.25) is 11.8 Å². The molecule has 2 aromatic carbocycles. The first kappa shape index (κ1) is 26.7. The maximum Gasteiger partial charge on any atom is 0.227 e. The summed E-state index contributed by atoms with van der Waals surface area (Å²) in [5, 5.41) is 5.90. The number of carbonyl (C=O) groups is 2. The highest BCUT2D eigenvalue weighted by Gasteiger charge is 2.33. The van der Waals surface area contributed by atoms with Crippen LogP contribution < -0.4 is 15.5 Å². The number of likely N-dealkylation sites (N-methyl/N-ethyl adjacent to an activating group) is 1. The Morgan fingerprint density at radius 2 is 1.63 bits per heavy atom. The van der Waals surface area contributed by atoms with Gasteiger partial charge in [0.05, 0.1) is 11.6 Å². The molecule has 1 heterocycles. The van der Waals surface area contributed by atoms with E-state index in [4.69, 9.17) is 0 Å². The number of amides is 2. The molecule has 0 aromatic heterocycles. The largest absolute Gasteiger partial charge is 0.369 e. The van der Waals surface area contributed by atoms with Crippen LogP contribution in [0.1, 0.15) is 70.8 Å². The molecule has 0 aliphatic carbocycles. The van der Waals surface area contributed by atoms with Crippen LogP contribution in [0.5, 0.6) is 0 Å². The van der Waals surface area contributed by atoms with Gasteiger partial charge in [-0.2, -0.15) is 0 Å². The maximum atomic E-state index is 15.1. The van der Waals surface area contributed by atoms with Gasteiger partial charge in [-0.25, -0.2) is 4.39 Å².